The molecule has 0 fully saturated rings. The Labute approximate surface area is 175 Å². The lowest BCUT2D eigenvalue weighted by Gasteiger charge is -2.12. The third-order valence-electron chi connectivity index (χ3n) is 4.66. The van der Waals surface area contributed by atoms with Crippen molar-refractivity contribution in [2.24, 2.45) is 0 Å². The van der Waals surface area contributed by atoms with E-state index in [0.29, 0.717) is 24.1 Å². The number of hydrogen-bond donors (Lipinski definition) is 1. The van der Waals surface area contributed by atoms with Gasteiger partial charge in [0.2, 0.25) is 5.91 Å². The predicted molar refractivity (Wildman–Crippen MR) is 115 cm³/mol. The lowest BCUT2D eigenvalue weighted by atomic mass is 10.1. The molecule has 0 bridgehead atoms. The minimum absolute atomic E-state index is 0.0351. The summed E-state index contributed by atoms with van der Waals surface area (Å²) in [6.45, 7) is 11.3. The summed E-state index contributed by atoms with van der Waals surface area (Å²) in [6, 6.07) is 6.17. The number of aryl methyl sites for hydroxylation is 4. The second kappa shape index (κ2) is 9.26. The first-order valence-corrected chi connectivity index (χ1v) is 10.6. The van der Waals surface area contributed by atoms with Gasteiger partial charge in [-0.3, -0.25) is 9.20 Å². The number of nitrogens with zero attached hydrogens (tertiary/aromatic N) is 4. The predicted octanol–water partition coefficient (Wildman–Crippen LogP) is 3.34. The van der Waals surface area contributed by atoms with Crippen LogP contribution in [0.15, 0.2) is 23.4 Å². The average Bonchev–Trinajstić information content (AvgIpc) is 3.06. The second-order valence-corrected chi connectivity index (χ2v) is 8.14. The van der Waals surface area contributed by atoms with Gasteiger partial charge in [-0.1, -0.05) is 17.8 Å². The number of nitrogens with one attached hydrogen (secondary N) is 1. The zero-order valence-electron chi connectivity index (χ0n) is 17.6. The standard InChI is InChI=1S/C21H27N5O2S/c1-13-9-14(2)17(5)18(10-13)28-8-6-7-22-19(27)12-29-21-25-24-20-23-15(3)11-16(4)26(20)21/h9-11H,6-8,12H2,1-5H3,(H,22,27). The van der Waals surface area contributed by atoms with Crippen LogP contribution >= 0.6 is 11.8 Å². The highest BCUT2D eigenvalue weighted by Crippen LogP contribution is 2.23. The fraction of sp³-hybridized carbons (Fsp3) is 0.429. The van der Waals surface area contributed by atoms with E-state index in [4.69, 9.17) is 4.74 Å². The first kappa shape index (κ1) is 21.1. The normalized spacial score (nSPS) is 11.1. The van der Waals surface area contributed by atoms with E-state index in [9.17, 15) is 4.79 Å². The summed E-state index contributed by atoms with van der Waals surface area (Å²) >= 11 is 1.36. The maximum atomic E-state index is 12.1. The molecule has 0 aliphatic rings. The van der Waals surface area contributed by atoms with Gasteiger partial charge in [-0.15, -0.1) is 10.2 Å². The Hall–Kier alpha value is -2.61. The molecule has 0 aliphatic carbocycles. The van der Waals surface area contributed by atoms with Crippen LogP contribution in [0.5, 0.6) is 5.75 Å². The third-order valence-corrected chi connectivity index (χ3v) is 5.59. The number of carbonyl (C=O) groups excluding carboxylic acids is 1. The summed E-state index contributed by atoms with van der Waals surface area (Å²) in [6.07, 6.45) is 0.749. The zero-order valence-corrected chi connectivity index (χ0v) is 18.4. The van der Waals surface area contributed by atoms with Crippen LogP contribution in [0.25, 0.3) is 5.78 Å². The van der Waals surface area contributed by atoms with Crippen LogP contribution in [0.4, 0.5) is 0 Å². The molecule has 0 saturated carbocycles. The number of benzene rings is 1. The number of ether oxygens (including phenoxy) is 1. The molecule has 0 saturated heterocycles. The molecule has 1 aromatic carbocycles. The van der Waals surface area contributed by atoms with Crippen LogP contribution < -0.4 is 10.1 Å². The van der Waals surface area contributed by atoms with E-state index in [0.717, 1.165) is 29.1 Å². The Bertz CT molecular complexity index is 1030. The van der Waals surface area contributed by atoms with Crippen molar-refractivity contribution >= 4 is 23.4 Å². The molecule has 1 amide bonds. The number of carbonyl (C=O) groups is 1. The molecule has 8 heteroatoms. The zero-order chi connectivity index (χ0) is 21.0. The van der Waals surface area contributed by atoms with E-state index < -0.39 is 0 Å². The molecule has 3 aromatic rings. The Kier molecular flexibility index (Phi) is 6.74. The van der Waals surface area contributed by atoms with Gasteiger partial charge in [0, 0.05) is 17.9 Å². The first-order chi connectivity index (χ1) is 13.8. The molecule has 29 heavy (non-hydrogen) atoms. The molecule has 0 radical (unpaired) electrons. The van der Waals surface area contributed by atoms with Crippen molar-refractivity contribution in [2.45, 2.75) is 46.2 Å². The van der Waals surface area contributed by atoms with Crippen molar-refractivity contribution in [2.75, 3.05) is 18.9 Å². The van der Waals surface area contributed by atoms with E-state index in [2.05, 4.69) is 53.4 Å². The molecule has 2 heterocycles. The van der Waals surface area contributed by atoms with Crippen molar-refractivity contribution in [1.29, 1.82) is 0 Å². The molecule has 3 rings (SSSR count). The highest BCUT2D eigenvalue weighted by Gasteiger charge is 2.12. The minimum Gasteiger partial charge on any atom is -0.493 e. The number of fused-ring (bicyclic) bond motifs is 1. The summed E-state index contributed by atoms with van der Waals surface area (Å²) < 4.78 is 7.75. The average molecular weight is 414 g/mol. The molecule has 1 N–H and O–H groups in total. The molecule has 0 atom stereocenters. The number of rotatable bonds is 8. The van der Waals surface area contributed by atoms with Crippen molar-refractivity contribution in [1.82, 2.24) is 24.9 Å². The first-order valence-electron chi connectivity index (χ1n) is 9.64. The second-order valence-electron chi connectivity index (χ2n) is 7.20. The maximum absolute atomic E-state index is 12.1. The Balaban J connectivity index is 1.42. The minimum atomic E-state index is -0.0351. The molecule has 0 aliphatic heterocycles. The third kappa shape index (κ3) is 5.26. The molecule has 0 spiro atoms. The lowest BCUT2D eigenvalue weighted by molar-refractivity contribution is -0.118. The van der Waals surface area contributed by atoms with E-state index in [-0.39, 0.29) is 11.7 Å². The van der Waals surface area contributed by atoms with Crippen LogP contribution in [-0.4, -0.2) is 44.4 Å². The molecule has 2 aromatic heterocycles. The van der Waals surface area contributed by atoms with E-state index in [1.165, 1.54) is 22.9 Å². The van der Waals surface area contributed by atoms with Crippen molar-refractivity contribution in [3.63, 3.8) is 0 Å². The smallest absolute Gasteiger partial charge is 0.256 e. The largest absolute Gasteiger partial charge is 0.493 e. The van der Waals surface area contributed by atoms with Gasteiger partial charge in [-0.2, -0.15) is 0 Å². The summed E-state index contributed by atoms with van der Waals surface area (Å²) in [5.74, 6) is 1.73. The summed E-state index contributed by atoms with van der Waals surface area (Å²) in [7, 11) is 0. The fourth-order valence-electron chi connectivity index (χ4n) is 3.11. The maximum Gasteiger partial charge on any atom is 0.256 e. The Morgan fingerprint density at radius 2 is 1.93 bits per heavy atom. The van der Waals surface area contributed by atoms with E-state index in [1.807, 2.05) is 24.3 Å². The van der Waals surface area contributed by atoms with Gasteiger partial charge in [-0.25, -0.2) is 4.98 Å². The molecule has 7 nitrogen and oxygen atoms in total. The molecular formula is C21H27N5O2S. The molecule has 0 unspecified atom stereocenters. The monoisotopic (exact) mass is 413 g/mol. The molecule has 154 valence electrons. The van der Waals surface area contributed by atoms with Gasteiger partial charge in [0.1, 0.15) is 5.75 Å². The number of aromatic nitrogens is 4. The van der Waals surface area contributed by atoms with Gasteiger partial charge >= 0.3 is 0 Å². The van der Waals surface area contributed by atoms with Crippen LogP contribution in [0.3, 0.4) is 0 Å². The van der Waals surface area contributed by atoms with Crippen molar-refractivity contribution in [3.05, 3.63) is 46.3 Å². The summed E-state index contributed by atoms with van der Waals surface area (Å²) in [5, 5.41) is 11.8. The van der Waals surface area contributed by atoms with Gasteiger partial charge in [0.15, 0.2) is 5.16 Å². The van der Waals surface area contributed by atoms with Crippen LogP contribution in [0.1, 0.15) is 34.5 Å². The van der Waals surface area contributed by atoms with Crippen LogP contribution in [-0.2, 0) is 4.79 Å². The van der Waals surface area contributed by atoms with Crippen LogP contribution in [0.2, 0.25) is 0 Å². The Morgan fingerprint density at radius 3 is 2.72 bits per heavy atom. The number of amides is 1. The number of thioether (sulfide) groups is 1. The highest BCUT2D eigenvalue weighted by atomic mass is 32.2. The highest BCUT2D eigenvalue weighted by molar-refractivity contribution is 7.99. The summed E-state index contributed by atoms with van der Waals surface area (Å²) in [5.41, 5.74) is 5.48. The van der Waals surface area contributed by atoms with E-state index in [1.54, 1.807) is 0 Å². The van der Waals surface area contributed by atoms with Crippen molar-refractivity contribution in [3.8, 4) is 5.75 Å². The van der Waals surface area contributed by atoms with Crippen LogP contribution in [0, 0.1) is 34.6 Å². The topological polar surface area (TPSA) is 81.4 Å². The molecular weight excluding hydrogens is 386 g/mol. The van der Waals surface area contributed by atoms with Gasteiger partial charge in [0.05, 0.1) is 12.4 Å². The Morgan fingerprint density at radius 1 is 1.14 bits per heavy atom. The SMILES string of the molecule is Cc1cc(C)c(C)c(OCCCNC(=O)CSc2nnc3nc(C)cc(C)n23)c1. The quantitative estimate of drug-likeness (QED) is 0.451. The summed E-state index contributed by atoms with van der Waals surface area (Å²) in [4.78, 5) is 16.5. The van der Waals surface area contributed by atoms with Gasteiger partial charge < -0.3 is 10.1 Å². The fourth-order valence-corrected chi connectivity index (χ4v) is 3.92. The van der Waals surface area contributed by atoms with E-state index >= 15 is 0 Å². The van der Waals surface area contributed by atoms with Gasteiger partial charge in [0.25, 0.3) is 5.78 Å². The van der Waals surface area contributed by atoms with Gasteiger partial charge in [-0.05, 0) is 69.9 Å². The van der Waals surface area contributed by atoms with Crippen molar-refractivity contribution < 1.29 is 9.53 Å². The number of hydrogen-bond acceptors (Lipinski definition) is 6. The lowest BCUT2D eigenvalue weighted by Crippen LogP contribution is -2.27.